The van der Waals surface area contributed by atoms with Gasteiger partial charge in [0.1, 0.15) is 19.0 Å². The minimum atomic E-state index is -3.76. The van der Waals surface area contributed by atoms with Crippen molar-refractivity contribution in [2.75, 3.05) is 13.2 Å². The van der Waals surface area contributed by atoms with Crippen molar-refractivity contribution in [3.05, 3.63) is 89.5 Å². The maximum Gasteiger partial charge on any atom is 0.339 e. The van der Waals surface area contributed by atoms with Crippen LogP contribution in [0.3, 0.4) is 0 Å². The van der Waals surface area contributed by atoms with Gasteiger partial charge in [-0.25, -0.2) is 18.4 Å². The molecule has 0 bridgehead atoms. The fraction of sp³-hybridized carbons (Fsp3) is 0.130. The molecule has 3 aromatic carbocycles. The van der Waals surface area contributed by atoms with Crippen molar-refractivity contribution in [1.29, 1.82) is 5.26 Å². The zero-order valence-corrected chi connectivity index (χ0v) is 18.6. The standard InChI is InChI=1S/C23H20N2O5S2/c24-15-17-5-7-18(8-6-17)16-31-22-4-2-1-3-21(22)23(26)30-14-13-29-19-9-11-20(12-10-19)32(25,27)28/h1-12H,13-14,16H2,(H2,25,27,28). The van der Waals surface area contributed by atoms with Crippen LogP contribution in [0.25, 0.3) is 0 Å². The molecule has 2 N–H and O–H groups in total. The summed E-state index contributed by atoms with van der Waals surface area (Å²) in [4.78, 5) is 13.3. The molecule has 0 spiro atoms. The molecule has 3 rings (SSSR count). The van der Waals surface area contributed by atoms with E-state index in [9.17, 15) is 13.2 Å². The fourth-order valence-corrected chi connectivity index (χ4v) is 4.21. The van der Waals surface area contributed by atoms with E-state index in [2.05, 4.69) is 6.07 Å². The van der Waals surface area contributed by atoms with Gasteiger partial charge < -0.3 is 9.47 Å². The van der Waals surface area contributed by atoms with Gasteiger partial charge in [0.15, 0.2) is 0 Å². The Balaban J connectivity index is 1.51. The second-order valence-corrected chi connectivity index (χ2v) is 9.17. The number of nitrogens with two attached hydrogens (primary N) is 1. The van der Waals surface area contributed by atoms with Crippen LogP contribution >= 0.6 is 11.8 Å². The van der Waals surface area contributed by atoms with E-state index < -0.39 is 16.0 Å². The van der Waals surface area contributed by atoms with E-state index in [-0.39, 0.29) is 18.1 Å². The Bertz CT molecular complexity index is 1220. The molecular weight excluding hydrogens is 448 g/mol. The summed E-state index contributed by atoms with van der Waals surface area (Å²) in [5.74, 6) is 0.626. The molecular formula is C23H20N2O5S2. The first-order chi connectivity index (χ1) is 15.4. The van der Waals surface area contributed by atoms with E-state index in [1.807, 2.05) is 24.3 Å². The van der Waals surface area contributed by atoms with E-state index >= 15 is 0 Å². The van der Waals surface area contributed by atoms with Gasteiger partial charge in [-0.2, -0.15) is 5.26 Å². The summed E-state index contributed by atoms with van der Waals surface area (Å²) in [5.41, 5.74) is 2.10. The number of sulfonamides is 1. The molecule has 0 atom stereocenters. The van der Waals surface area contributed by atoms with Gasteiger partial charge in [0, 0.05) is 10.6 Å². The summed E-state index contributed by atoms with van der Waals surface area (Å²) in [5, 5.41) is 13.9. The van der Waals surface area contributed by atoms with Crippen molar-refractivity contribution >= 4 is 27.8 Å². The summed E-state index contributed by atoms with van der Waals surface area (Å²) in [6.07, 6.45) is 0. The van der Waals surface area contributed by atoms with Crippen molar-refractivity contribution in [2.45, 2.75) is 15.5 Å². The second-order valence-electron chi connectivity index (χ2n) is 6.59. The number of carbonyl (C=O) groups excluding carboxylic acids is 1. The number of nitrogens with zero attached hydrogens (tertiary/aromatic N) is 1. The number of nitriles is 1. The number of ether oxygens (including phenoxy) is 2. The van der Waals surface area contributed by atoms with Gasteiger partial charge in [0.25, 0.3) is 0 Å². The van der Waals surface area contributed by atoms with Gasteiger partial charge in [-0.15, -0.1) is 11.8 Å². The largest absolute Gasteiger partial charge is 0.490 e. The molecule has 0 unspecified atom stereocenters. The first-order valence-electron chi connectivity index (χ1n) is 9.50. The van der Waals surface area contributed by atoms with Crippen LogP contribution in [0.1, 0.15) is 21.5 Å². The Morgan fingerprint density at radius 2 is 1.66 bits per heavy atom. The van der Waals surface area contributed by atoms with Crippen LogP contribution < -0.4 is 9.88 Å². The van der Waals surface area contributed by atoms with Gasteiger partial charge >= 0.3 is 5.97 Å². The highest BCUT2D eigenvalue weighted by Gasteiger charge is 2.13. The van der Waals surface area contributed by atoms with Crippen molar-refractivity contribution in [3.63, 3.8) is 0 Å². The number of thioether (sulfide) groups is 1. The monoisotopic (exact) mass is 468 g/mol. The first kappa shape index (κ1) is 23.3. The minimum absolute atomic E-state index is 0.00797. The lowest BCUT2D eigenvalue weighted by molar-refractivity contribution is 0.0446. The Kier molecular flexibility index (Phi) is 7.89. The fourth-order valence-electron chi connectivity index (χ4n) is 2.69. The molecule has 0 aliphatic rings. The first-order valence-corrected chi connectivity index (χ1v) is 12.0. The summed E-state index contributed by atoms with van der Waals surface area (Å²) < 4.78 is 33.3. The third kappa shape index (κ3) is 6.59. The van der Waals surface area contributed by atoms with Crippen LogP contribution in [0.5, 0.6) is 5.75 Å². The predicted molar refractivity (Wildman–Crippen MR) is 121 cm³/mol. The predicted octanol–water partition coefficient (Wildman–Crippen LogP) is 3.73. The van der Waals surface area contributed by atoms with Crippen LogP contribution in [-0.4, -0.2) is 27.6 Å². The molecule has 164 valence electrons. The molecule has 32 heavy (non-hydrogen) atoms. The number of benzene rings is 3. The van der Waals surface area contributed by atoms with Gasteiger partial charge in [-0.05, 0) is 54.1 Å². The van der Waals surface area contributed by atoms with E-state index in [0.29, 0.717) is 22.6 Å². The maximum absolute atomic E-state index is 12.5. The number of hydrogen-bond donors (Lipinski definition) is 1. The number of carbonyl (C=O) groups is 1. The summed E-state index contributed by atoms with van der Waals surface area (Å²) in [6, 6.07) is 22.2. The maximum atomic E-state index is 12.5. The molecule has 0 heterocycles. The summed E-state index contributed by atoms with van der Waals surface area (Å²) >= 11 is 1.51. The highest BCUT2D eigenvalue weighted by molar-refractivity contribution is 7.98. The van der Waals surface area contributed by atoms with E-state index in [1.165, 1.54) is 36.0 Å². The normalized spacial score (nSPS) is 10.9. The highest BCUT2D eigenvalue weighted by Crippen LogP contribution is 2.27. The molecule has 0 saturated carbocycles. The number of hydrogen-bond acceptors (Lipinski definition) is 7. The van der Waals surface area contributed by atoms with Crippen LogP contribution in [-0.2, 0) is 20.5 Å². The molecule has 0 aliphatic carbocycles. The van der Waals surface area contributed by atoms with Gasteiger partial charge in [-0.3, -0.25) is 0 Å². The Hall–Kier alpha value is -3.32. The Labute approximate surface area is 190 Å². The van der Waals surface area contributed by atoms with Gasteiger partial charge in [0.05, 0.1) is 22.1 Å². The third-order valence-electron chi connectivity index (χ3n) is 4.32. The lowest BCUT2D eigenvalue weighted by atomic mass is 10.2. The van der Waals surface area contributed by atoms with Crippen LogP contribution in [0.15, 0.2) is 82.6 Å². The number of esters is 1. The summed E-state index contributed by atoms with van der Waals surface area (Å²) in [6.45, 7) is 0.144. The molecule has 0 aromatic heterocycles. The average molecular weight is 469 g/mol. The third-order valence-corrected chi connectivity index (χ3v) is 6.40. The lowest BCUT2D eigenvalue weighted by Crippen LogP contribution is -2.13. The molecule has 7 nitrogen and oxygen atoms in total. The van der Waals surface area contributed by atoms with Crippen molar-refractivity contribution < 1.29 is 22.7 Å². The molecule has 0 amide bonds. The van der Waals surface area contributed by atoms with E-state index in [4.69, 9.17) is 19.9 Å². The van der Waals surface area contributed by atoms with Crippen molar-refractivity contribution in [3.8, 4) is 11.8 Å². The van der Waals surface area contributed by atoms with Crippen LogP contribution in [0.4, 0.5) is 0 Å². The molecule has 0 aliphatic heterocycles. The number of primary sulfonamides is 1. The molecule has 3 aromatic rings. The average Bonchev–Trinajstić information content (AvgIpc) is 2.80. The highest BCUT2D eigenvalue weighted by atomic mass is 32.2. The molecule has 0 fully saturated rings. The van der Waals surface area contributed by atoms with Crippen LogP contribution in [0.2, 0.25) is 0 Å². The SMILES string of the molecule is N#Cc1ccc(CSc2ccccc2C(=O)OCCOc2ccc(S(N)(=O)=O)cc2)cc1. The van der Waals surface area contributed by atoms with E-state index in [1.54, 1.807) is 24.3 Å². The van der Waals surface area contributed by atoms with Gasteiger partial charge in [-0.1, -0.05) is 24.3 Å². The quantitative estimate of drug-likeness (QED) is 0.289. The van der Waals surface area contributed by atoms with Crippen molar-refractivity contribution in [2.24, 2.45) is 5.14 Å². The summed E-state index contributed by atoms with van der Waals surface area (Å²) in [7, 11) is -3.76. The zero-order chi connectivity index (χ0) is 23.0. The molecule has 0 saturated heterocycles. The second kappa shape index (κ2) is 10.8. The lowest BCUT2D eigenvalue weighted by Gasteiger charge is -2.10. The van der Waals surface area contributed by atoms with E-state index in [0.717, 1.165) is 10.5 Å². The number of rotatable bonds is 9. The Morgan fingerprint density at radius 1 is 0.969 bits per heavy atom. The Morgan fingerprint density at radius 3 is 2.31 bits per heavy atom. The van der Waals surface area contributed by atoms with Gasteiger partial charge in [0.2, 0.25) is 10.0 Å². The minimum Gasteiger partial charge on any atom is -0.490 e. The topological polar surface area (TPSA) is 119 Å². The molecule has 9 heteroatoms. The van der Waals surface area contributed by atoms with Crippen LogP contribution in [0, 0.1) is 11.3 Å². The van der Waals surface area contributed by atoms with Crippen molar-refractivity contribution in [1.82, 2.24) is 0 Å². The zero-order valence-electron chi connectivity index (χ0n) is 16.9. The molecule has 0 radical (unpaired) electrons. The smallest absolute Gasteiger partial charge is 0.339 e.